The van der Waals surface area contributed by atoms with Crippen LogP contribution in [-0.2, 0) is 0 Å². The highest BCUT2D eigenvalue weighted by atomic mass is 14.6. The summed E-state index contributed by atoms with van der Waals surface area (Å²) in [6.07, 6.45) is 9.29. The van der Waals surface area contributed by atoms with Gasteiger partial charge in [-0.3, -0.25) is 0 Å². The van der Waals surface area contributed by atoms with E-state index in [4.69, 9.17) is 5.73 Å². The average Bonchev–Trinajstić information content (AvgIpc) is 2.19. The molecule has 1 nitrogen and oxygen atoms in total. The molecule has 0 bridgehead atoms. The van der Waals surface area contributed by atoms with Crippen LogP contribution >= 0.6 is 0 Å². The Bertz CT molecular complexity index is 159. The standard InChI is InChI=1S/C13H27N/c1-4-10-13(3,5-2)11-6-8-12(14)9-7-11/h11-12H,4-10,14H2,1-3H3. The SMILES string of the molecule is CCCC(C)(CC)C1CCC(N)CC1. The van der Waals surface area contributed by atoms with E-state index in [9.17, 15) is 0 Å². The van der Waals surface area contributed by atoms with Crippen molar-refractivity contribution in [3.05, 3.63) is 0 Å². The molecule has 0 saturated heterocycles. The van der Waals surface area contributed by atoms with E-state index in [1.165, 1.54) is 44.9 Å². The molecule has 1 fully saturated rings. The fraction of sp³-hybridized carbons (Fsp3) is 1.00. The minimum absolute atomic E-state index is 0.494. The summed E-state index contributed by atoms with van der Waals surface area (Å²) in [6, 6.07) is 0.494. The zero-order valence-electron chi connectivity index (χ0n) is 10.2. The molecule has 0 aromatic carbocycles. The molecule has 84 valence electrons. The zero-order valence-corrected chi connectivity index (χ0v) is 10.2. The summed E-state index contributed by atoms with van der Waals surface area (Å²) < 4.78 is 0. The van der Waals surface area contributed by atoms with Crippen molar-refractivity contribution in [1.29, 1.82) is 0 Å². The van der Waals surface area contributed by atoms with Crippen molar-refractivity contribution in [2.75, 3.05) is 0 Å². The van der Waals surface area contributed by atoms with E-state index in [0.717, 1.165) is 5.92 Å². The third-order valence-electron chi connectivity index (χ3n) is 4.39. The fourth-order valence-corrected chi connectivity index (χ4v) is 3.06. The average molecular weight is 197 g/mol. The highest BCUT2D eigenvalue weighted by Crippen LogP contribution is 2.43. The molecule has 1 aliphatic carbocycles. The van der Waals surface area contributed by atoms with E-state index >= 15 is 0 Å². The van der Waals surface area contributed by atoms with Crippen molar-refractivity contribution in [3.8, 4) is 0 Å². The van der Waals surface area contributed by atoms with E-state index in [-0.39, 0.29) is 0 Å². The van der Waals surface area contributed by atoms with Gasteiger partial charge in [0.1, 0.15) is 0 Å². The van der Waals surface area contributed by atoms with Gasteiger partial charge in [0, 0.05) is 6.04 Å². The molecule has 1 unspecified atom stereocenters. The van der Waals surface area contributed by atoms with Crippen LogP contribution in [-0.4, -0.2) is 6.04 Å². The molecule has 0 radical (unpaired) electrons. The first-order valence-electron chi connectivity index (χ1n) is 6.38. The number of hydrogen-bond donors (Lipinski definition) is 1. The fourth-order valence-electron chi connectivity index (χ4n) is 3.06. The van der Waals surface area contributed by atoms with Gasteiger partial charge in [-0.05, 0) is 43.4 Å². The molecule has 0 aliphatic heterocycles. The minimum Gasteiger partial charge on any atom is -0.328 e. The maximum absolute atomic E-state index is 5.96. The van der Waals surface area contributed by atoms with Crippen molar-refractivity contribution in [1.82, 2.24) is 0 Å². The third kappa shape index (κ3) is 2.73. The Labute approximate surface area is 89.5 Å². The van der Waals surface area contributed by atoms with Gasteiger partial charge in [0.2, 0.25) is 0 Å². The molecule has 14 heavy (non-hydrogen) atoms. The minimum atomic E-state index is 0.494. The van der Waals surface area contributed by atoms with E-state index in [0.29, 0.717) is 11.5 Å². The Morgan fingerprint density at radius 3 is 2.14 bits per heavy atom. The molecule has 1 aliphatic rings. The lowest BCUT2D eigenvalue weighted by molar-refractivity contribution is 0.112. The Kier molecular flexibility index (Phi) is 4.43. The van der Waals surface area contributed by atoms with E-state index < -0.39 is 0 Å². The van der Waals surface area contributed by atoms with Gasteiger partial charge >= 0.3 is 0 Å². The second kappa shape index (κ2) is 5.16. The van der Waals surface area contributed by atoms with Gasteiger partial charge in [-0.2, -0.15) is 0 Å². The van der Waals surface area contributed by atoms with Gasteiger partial charge in [-0.1, -0.05) is 33.6 Å². The highest BCUT2D eigenvalue weighted by Gasteiger charge is 2.33. The van der Waals surface area contributed by atoms with Gasteiger partial charge in [-0.15, -0.1) is 0 Å². The topological polar surface area (TPSA) is 26.0 Å². The molecule has 0 heterocycles. The quantitative estimate of drug-likeness (QED) is 0.730. The van der Waals surface area contributed by atoms with Gasteiger partial charge in [0.25, 0.3) is 0 Å². The van der Waals surface area contributed by atoms with E-state index in [1.54, 1.807) is 0 Å². The van der Waals surface area contributed by atoms with Crippen LogP contribution in [0.1, 0.15) is 65.7 Å². The number of nitrogens with two attached hydrogens (primary N) is 1. The molecule has 1 saturated carbocycles. The van der Waals surface area contributed by atoms with Crippen LogP contribution in [0, 0.1) is 11.3 Å². The number of hydrogen-bond acceptors (Lipinski definition) is 1. The van der Waals surface area contributed by atoms with Gasteiger partial charge in [0.15, 0.2) is 0 Å². The summed E-state index contributed by atoms with van der Waals surface area (Å²) in [6.45, 7) is 7.14. The van der Waals surface area contributed by atoms with Crippen LogP contribution < -0.4 is 5.73 Å². The van der Waals surface area contributed by atoms with Crippen molar-refractivity contribution in [3.63, 3.8) is 0 Å². The second-order valence-electron chi connectivity index (χ2n) is 5.37. The van der Waals surface area contributed by atoms with Crippen LogP contribution in [0.4, 0.5) is 0 Å². The van der Waals surface area contributed by atoms with Crippen molar-refractivity contribution < 1.29 is 0 Å². The first-order chi connectivity index (χ1) is 6.62. The molecule has 2 N–H and O–H groups in total. The summed E-state index contributed by atoms with van der Waals surface area (Å²) in [5.74, 6) is 0.937. The summed E-state index contributed by atoms with van der Waals surface area (Å²) in [7, 11) is 0. The van der Waals surface area contributed by atoms with Crippen LogP contribution in [0.5, 0.6) is 0 Å². The lowest BCUT2D eigenvalue weighted by atomic mass is 9.66. The zero-order chi connectivity index (χ0) is 10.6. The maximum Gasteiger partial charge on any atom is 0.00390 e. The monoisotopic (exact) mass is 197 g/mol. The normalized spacial score (nSPS) is 32.6. The summed E-state index contributed by atoms with van der Waals surface area (Å²) in [5.41, 5.74) is 6.55. The molecule has 1 rings (SSSR count). The third-order valence-corrected chi connectivity index (χ3v) is 4.39. The molecular formula is C13H27N. The predicted octanol–water partition coefficient (Wildman–Crippen LogP) is 3.72. The van der Waals surface area contributed by atoms with Gasteiger partial charge in [0.05, 0.1) is 0 Å². The second-order valence-corrected chi connectivity index (χ2v) is 5.37. The molecule has 0 aromatic rings. The molecular weight excluding hydrogens is 170 g/mol. The molecule has 0 amide bonds. The lowest BCUT2D eigenvalue weighted by Crippen LogP contribution is -2.34. The smallest absolute Gasteiger partial charge is 0.00390 e. The Morgan fingerprint density at radius 2 is 1.71 bits per heavy atom. The van der Waals surface area contributed by atoms with E-state index in [2.05, 4.69) is 20.8 Å². The molecule has 1 atom stereocenters. The summed E-state index contributed by atoms with van der Waals surface area (Å²) >= 11 is 0. The van der Waals surface area contributed by atoms with Crippen LogP contribution in [0.15, 0.2) is 0 Å². The Hall–Kier alpha value is -0.0400. The van der Waals surface area contributed by atoms with E-state index in [1.807, 2.05) is 0 Å². The predicted molar refractivity (Wildman–Crippen MR) is 63.2 cm³/mol. The first-order valence-corrected chi connectivity index (χ1v) is 6.38. The van der Waals surface area contributed by atoms with Gasteiger partial charge < -0.3 is 5.73 Å². The maximum atomic E-state index is 5.96. The van der Waals surface area contributed by atoms with Crippen LogP contribution in [0.3, 0.4) is 0 Å². The summed E-state index contributed by atoms with van der Waals surface area (Å²) in [5, 5.41) is 0. The Balaban J connectivity index is 2.52. The lowest BCUT2D eigenvalue weighted by Gasteiger charge is -2.40. The van der Waals surface area contributed by atoms with Crippen molar-refractivity contribution in [2.45, 2.75) is 71.8 Å². The van der Waals surface area contributed by atoms with Crippen LogP contribution in [0.2, 0.25) is 0 Å². The van der Waals surface area contributed by atoms with Crippen molar-refractivity contribution in [2.24, 2.45) is 17.1 Å². The summed E-state index contributed by atoms with van der Waals surface area (Å²) in [4.78, 5) is 0. The van der Waals surface area contributed by atoms with Crippen LogP contribution in [0.25, 0.3) is 0 Å². The highest BCUT2D eigenvalue weighted by molar-refractivity contribution is 4.86. The molecule has 0 aromatic heterocycles. The Morgan fingerprint density at radius 1 is 1.14 bits per heavy atom. The first kappa shape index (κ1) is 12.0. The van der Waals surface area contributed by atoms with Crippen molar-refractivity contribution >= 4 is 0 Å². The largest absolute Gasteiger partial charge is 0.328 e. The number of rotatable bonds is 4. The van der Waals surface area contributed by atoms with Gasteiger partial charge in [-0.25, -0.2) is 0 Å². The molecule has 0 spiro atoms. The molecule has 1 heteroatoms.